The normalized spacial score (nSPS) is 16.9. The zero-order chi connectivity index (χ0) is 21.9. The number of aromatic nitrogens is 3. The molecule has 1 amide bonds. The molecule has 1 aliphatic heterocycles. The molecule has 0 bridgehead atoms. The molecule has 30 heavy (non-hydrogen) atoms. The number of ether oxygens (including phenoxy) is 1. The maximum atomic E-state index is 12.8. The van der Waals surface area contributed by atoms with Crippen molar-refractivity contribution >= 4 is 11.9 Å². The zero-order valence-electron chi connectivity index (χ0n) is 15.7. The molecular formula is C17H18F5N5O3. The van der Waals surface area contributed by atoms with Crippen LogP contribution < -0.4 is 10.1 Å². The quantitative estimate of drug-likeness (QED) is 0.668. The van der Waals surface area contributed by atoms with Crippen molar-refractivity contribution in [3.63, 3.8) is 0 Å². The minimum Gasteiger partial charge on any atom is -0.480 e. The third-order valence-corrected chi connectivity index (χ3v) is 4.54. The fraction of sp³-hybridized carbons (Fsp3) is 0.529. The molecule has 2 aromatic heterocycles. The van der Waals surface area contributed by atoms with Gasteiger partial charge >= 0.3 is 12.2 Å². The number of alkyl halides is 5. The fourth-order valence-electron chi connectivity index (χ4n) is 3.09. The average molecular weight is 435 g/mol. The Morgan fingerprint density at radius 3 is 2.80 bits per heavy atom. The van der Waals surface area contributed by atoms with Gasteiger partial charge in [0, 0.05) is 19.5 Å². The van der Waals surface area contributed by atoms with Crippen molar-refractivity contribution in [3.8, 4) is 17.3 Å². The molecule has 3 rings (SSSR count). The first kappa shape index (κ1) is 21.7. The molecule has 1 saturated heterocycles. The van der Waals surface area contributed by atoms with Gasteiger partial charge in [-0.3, -0.25) is 4.79 Å². The number of carbonyl (C=O) groups is 1. The highest BCUT2D eigenvalue weighted by molar-refractivity contribution is 5.80. The summed E-state index contributed by atoms with van der Waals surface area (Å²) in [5, 5.41) is 10.0. The number of nitrogens with zero attached hydrogens (tertiary/aromatic N) is 4. The van der Waals surface area contributed by atoms with E-state index in [1.165, 1.54) is 4.90 Å². The number of nitrogens with one attached hydrogen (secondary N) is 1. The summed E-state index contributed by atoms with van der Waals surface area (Å²) >= 11 is 0. The van der Waals surface area contributed by atoms with Gasteiger partial charge in [0.15, 0.2) is 0 Å². The second-order valence-electron chi connectivity index (χ2n) is 6.64. The highest BCUT2D eigenvalue weighted by atomic mass is 19.4. The minimum atomic E-state index is -4.64. The van der Waals surface area contributed by atoms with Crippen molar-refractivity contribution in [1.29, 1.82) is 0 Å². The van der Waals surface area contributed by atoms with Crippen LogP contribution in [0.4, 0.5) is 28.0 Å². The molecule has 1 N–H and O–H groups in total. The van der Waals surface area contributed by atoms with E-state index in [1.807, 2.05) is 0 Å². The number of amides is 1. The smallest absolute Gasteiger partial charge is 0.433 e. The van der Waals surface area contributed by atoms with Crippen LogP contribution in [0.2, 0.25) is 0 Å². The first-order valence-electron chi connectivity index (χ1n) is 8.93. The number of hydrogen-bond acceptors (Lipinski definition) is 7. The molecule has 0 aliphatic carbocycles. The number of carbonyl (C=O) groups excluding carboxylic acids is 1. The van der Waals surface area contributed by atoms with Gasteiger partial charge in [0.2, 0.25) is 18.2 Å². The van der Waals surface area contributed by atoms with E-state index in [4.69, 9.17) is 9.15 Å². The third kappa shape index (κ3) is 5.13. The van der Waals surface area contributed by atoms with Gasteiger partial charge in [-0.1, -0.05) is 5.10 Å². The van der Waals surface area contributed by atoms with Crippen molar-refractivity contribution < 1.29 is 35.9 Å². The van der Waals surface area contributed by atoms with E-state index in [-0.39, 0.29) is 54.7 Å². The summed E-state index contributed by atoms with van der Waals surface area (Å²) in [4.78, 5) is 17.1. The topological polar surface area (TPSA) is 93.4 Å². The van der Waals surface area contributed by atoms with Crippen LogP contribution in [-0.4, -0.2) is 59.2 Å². The second-order valence-corrected chi connectivity index (χ2v) is 6.64. The predicted octanol–water partition coefficient (Wildman–Crippen LogP) is 3.07. The van der Waals surface area contributed by atoms with E-state index < -0.39 is 18.3 Å². The second kappa shape index (κ2) is 8.79. The fourth-order valence-corrected chi connectivity index (χ4v) is 3.09. The molecule has 2 aromatic rings. The lowest BCUT2D eigenvalue weighted by Crippen LogP contribution is -2.34. The summed E-state index contributed by atoms with van der Waals surface area (Å²) < 4.78 is 73.4. The van der Waals surface area contributed by atoms with Gasteiger partial charge in [-0.15, -0.1) is 5.10 Å². The summed E-state index contributed by atoms with van der Waals surface area (Å²) in [6.45, 7) is 0.446. The number of pyridine rings is 1. The van der Waals surface area contributed by atoms with Gasteiger partial charge < -0.3 is 19.4 Å². The molecule has 13 heteroatoms. The summed E-state index contributed by atoms with van der Waals surface area (Å²) in [5.74, 6) is -1.05. The van der Waals surface area contributed by atoms with Crippen LogP contribution in [-0.2, 0) is 11.0 Å². The standard InChI is InChI=1S/C17H18F5N5O3/c1-29-14-10(2-3-11(24-14)17(20,21)22)15-25-26-16(30-15)23-7-13(28)27-5-4-9(8-27)6-12(18)19/h2-3,9,12H,4-8H2,1H3,(H,23,26). The van der Waals surface area contributed by atoms with Gasteiger partial charge in [-0.05, 0) is 24.5 Å². The number of methoxy groups -OCH3 is 1. The number of hydrogen-bond donors (Lipinski definition) is 1. The van der Waals surface area contributed by atoms with Gasteiger partial charge in [-0.2, -0.15) is 13.2 Å². The Morgan fingerprint density at radius 1 is 1.37 bits per heavy atom. The Morgan fingerprint density at radius 2 is 2.13 bits per heavy atom. The summed E-state index contributed by atoms with van der Waals surface area (Å²) in [6, 6.07) is 1.70. The number of halogens is 5. The summed E-state index contributed by atoms with van der Waals surface area (Å²) in [7, 11) is 1.15. The van der Waals surface area contributed by atoms with Crippen LogP contribution in [0, 0.1) is 5.92 Å². The maximum absolute atomic E-state index is 12.8. The van der Waals surface area contributed by atoms with E-state index in [9.17, 15) is 26.7 Å². The average Bonchev–Trinajstić information content (AvgIpc) is 3.34. The number of likely N-dealkylation sites (tertiary alicyclic amines) is 1. The highest BCUT2D eigenvalue weighted by Crippen LogP contribution is 2.34. The monoisotopic (exact) mass is 435 g/mol. The van der Waals surface area contributed by atoms with Crippen LogP contribution in [0.25, 0.3) is 11.5 Å². The Labute approximate surface area is 167 Å². The maximum Gasteiger partial charge on any atom is 0.433 e. The van der Waals surface area contributed by atoms with Crippen LogP contribution >= 0.6 is 0 Å². The SMILES string of the molecule is COc1nc(C(F)(F)F)ccc1-c1nnc(NCC(=O)N2CCC(CC(F)F)C2)o1. The third-order valence-electron chi connectivity index (χ3n) is 4.54. The predicted molar refractivity (Wildman–Crippen MR) is 92.9 cm³/mol. The number of rotatable bonds is 7. The lowest BCUT2D eigenvalue weighted by molar-refractivity contribution is -0.141. The molecule has 0 spiro atoms. The van der Waals surface area contributed by atoms with Crippen molar-refractivity contribution in [2.75, 3.05) is 32.1 Å². The molecule has 0 saturated carbocycles. The van der Waals surface area contributed by atoms with E-state index in [0.717, 1.165) is 19.2 Å². The van der Waals surface area contributed by atoms with E-state index in [1.54, 1.807) is 0 Å². The summed E-state index contributed by atoms with van der Waals surface area (Å²) in [6.07, 6.45) is -6.77. The van der Waals surface area contributed by atoms with Crippen LogP contribution in [0.15, 0.2) is 16.5 Å². The van der Waals surface area contributed by atoms with Crippen molar-refractivity contribution in [2.24, 2.45) is 5.92 Å². The largest absolute Gasteiger partial charge is 0.480 e. The Kier molecular flexibility index (Phi) is 6.37. The highest BCUT2D eigenvalue weighted by Gasteiger charge is 2.34. The Bertz CT molecular complexity index is 889. The molecule has 1 unspecified atom stereocenters. The van der Waals surface area contributed by atoms with Gasteiger partial charge in [0.05, 0.1) is 13.7 Å². The molecule has 1 fully saturated rings. The summed E-state index contributed by atoms with van der Waals surface area (Å²) in [5.41, 5.74) is -1.09. The van der Waals surface area contributed by atoms with Crippen molar-refractivity contribution in [2.45, 2.75) is 25.4 Å². The number of anilines is 1. The lowest BCUT2D eigenvalue weighted by atomic mass is 10.1. The van der Waals surface area contributed by atoms with Crippen molar-refractivity contribution in [1.82, 2.24) is 20.1 Å². The first-order chi connectivity index (χ1) is 14.2. The lowest BCUT2D eigenvalue weighted by Gasteiger charge is -2.16. The van der Waals surface area contributed by atoms with Gasteiger partial charge in [0.25, 0.3) is 5.89 Å². The molecule has 0 radical (unpaired) electrons. The zero-order valence-corrected chi connectivity index (χ0v) is 15.7. The molecule has 8 nitrogen and oxygen atoms in total. The molecule has 3 heterocycles. The molecule has 164 valence electrons. The van der Waals surface area contributed by atoms with Crippen LogP contribution in [0.5, 0.6) is 5.88 Å². The molecule has 0 aromatic carbocycles. The molecule has 1 atom stereocenters. The van der Waals surface area contributed by atoms with Gasteiger partial charge in [-0.25, -0.2) is 13.8 Å². The minimum absolute atomic E-state index is 0.0479. The Hall–Kier alpha value is -2.99. The van der Waals surface area contributed by atoms with E-state index in [2.05, 4.69) is 20.5 Å². The Balaban J connectivity index is 1.61. The van der Waals surface area contributed by atoms with E-state index >= 15 is 0 Å². The first-order valence-corrected chi connectivity index (χ1v) is 8.93. The molecule has 1 aliphatic rings. The molecular weight excluding hydrogens is 417 g/mol. The van der Waals surface area contributed by atoms with Crippen LogP contribution in [0.1, 0.15) is 18.5 Å². The van der Waals surface area contributed by atoms with E-state index in [0.29, 0.717) is 13.0 Å². The van der Waals surface area contributed by atoms with Gasteiger partial charge in [0.1, 0.15) is 11.3 Å². The van der Waals surface area contributed by atoms with Crippen molar-refractivity contribution in [3.05, 3.63) is 17.8 Å². The van der Waals surface area contributed by atoms with Crippen LogP contribution in [0.3, 0.4) is 0 Å².